The van der Waals surface area contributed by atoms with Gasteiger partial charge in [0, 0.05) is 31.0 Å². The van der Waals surface area contributed by atoms with Gasteiger partial charge in [0.25, 0.3) is 0 Å². The molecule has 0 saturated carbocycles. The summed E-state index contributed by atoms with van der Waals surface area (Å²) < 4.78 is 44.9. The van der Waals surface area contributed by atoms with Crippen molar-refractivity contribution in [3.63, 3.8) is 0 Å². The van der Waals surface area contributed by atoms with Crippen molar-refractivity contribution in [3.8, 4) is 5.75 Å². The fraction of sp³-hybridized carbons (Fsp3) is 0.500. The van der Waals surface area contributed by atoms with Gasteiger partial charge in [0.2, 0.25) is 0 Å². The Morgan fingerprint density at radius 2 is 2.04 bits per heavy atom. The second kappa shape index (κ2) is 7.59. The Morgan fingerprint density at radius 1 is 1.26 bits per heavy atom. The van der Waals surface area contributed by atoms with E-state index in [4.69, 9.17) is 9.84 Å². The standard InChI is InChI=1S/C16H21F3N2O2/c1-23-14-7-5-6-12-13(20-9-3-2-4-11-22)8-10-21(15(12)14)16(17,18)19/h5-8,20,22H,2-4,9-11H2,1H3. The third kappa shape index (κ3) is 4.10. The van der Waals surface area contributed by atoms with E-state index >= 15 is 0 Å². The Labute approximate surface area is 133 Å². The van der Waals surface area contributed by atoms with E-state index in [1.807, 2.05) is 0 Å². The lowest BCUT2D eigenvalue weighted by atomic mass is 10.0. The van der Waals surface area contributed by atoms with Crippen LogP contribution < -0.4 is 15.0 Å². The van der Waals surface area contributed by atoms with Gasteiger partial charge in [0.15, 0.2) is 0 Å². The van der Waals surface area contributed by atoms with Gasteiger partial charge in [-0.1, -0.05) is 12.1 Å². The van der Waals surface area contributed by atoms with Crippen LogP contribution in [0.25, 0.3) is 5.70 Å². The quantitative estimate of drug-likeness (QED) is 0.596. The summed E-state index contributed by atoms with van der Waals surface area (Å²) in [6.07, 6.45) is -0.475. The van der Waals surface area contributed by atoms with E-state index in [-0.39, 0.29) is 24.6 Å². The van der Waals surface area contributed by atoms with E-state index < -0.39 is 6.30 Å². The molecule has 1 aromatic rings. The minimum absolute atomic E-state index is 0.0443. The van der Waals surface area contributed by atoms with Crippen molar-refractivity contribution in [2.24, 2.45) is 0 Å². The maximum atomic E-state index is 13.3. The topological polar surface area (TPSA) is 44.7 Å². The summed E-state index contributed by atoms with van der Waals surface area (Å²) in [5, 5.41) is 11.9. The average molecular weight is 330 g/mol. The zero-order valence-electron chi connectivity index (χ0n) is 13.0. The molecule has 0 atom stereocenters. The number of benzene rings is 1. The van der Waals surface area contributed by atoms with Crippen LogP contribution in [0.5, 0.6) is 5.75 Å². The number of aliphatic hydroxyl groups is 1. The SMILES string of the molecule is COc1cccc2c1N(C(F)(F)F)CC=C2NCCCCCO. The molecular formula is C16H21F3N2O2. The van der Waals surface area contributed by atoms with Crippen LogP contribution in [0.2, 0.25) is 0 Å². The average Bonchev–Trinajstić information content (AvgIpc) is 2.52. The van der Waals surface area contributed by atoms with Gasteiger partial charge in [0.05, 0.1) is 12.8 Å². The molecule has 2 rings (SSSR count). The minimum atomic E-state index is -4.47. The number of anilines is 1. The van der Waals surface area contributed by atoms with Crippen molar-refractivity contribution in [1.82, 2.24) is 5.32 Å². The molecule has 0 amide bonds. The molecule has 2 N–H and O–H groups in total. The Balaban J connectivity index is 2.21. The molecule has 0 saturated heterocycles. The maximum Gasteiger partial charge on any atom is 0.485 e. The number of hydrogen-bond donors (Lipinski definition) is 2. The number of para-hydroxylation sites is 1. The first-order valence-electron chi connectivity index (χ1n) is 7.55. The lowest BCUT2D eigenvalue weighted by molar-refractivity contribution is -0.128. The van der Waals surface area contributed by atoms with Crippen LogP contribution in [0, 0.1) is 0 Å². The maximum absolute atomic E-state index is 13.3. The number of nitrogens with one attached hydrogen (secondary N) is 1. The molecule has 7 heteroatoms. The van der Waals surface area contributed by atoms with Crippen LogP contribution in [0.4, 0.5) is 18.9 Å². The highest BCUT2D eigenvalue weighted by Gasteiger charge is 2.41. The summed E-state index contributed by atoms with van der Waals surface area (Å²) in [5.41, 5.74) is 1.21. The molecule has 0 spiro atoms. The minimum Gasteiger partial charge on any atom is -0.495 e. The predicted octanol–water partition coefficient (Wildman–Crippen LogP) is 3.13. The summed E-state index contributed by atoms with van der Waals surface area (Å²) in [4.78, 5) is 0.387. The van der Waals surface area contributed by atoms with Crippen molar-refractivity contribution >= 4 is 11.4 Å². The smallest absolute Gasteiger partial charge is 0.485 e. The first kappa shape index (κ1) is 17.5. The summed E-state index contributed by atoms with van der Waals surface area (Å²) in [5.74, 6) is 0.201. The molecule has 0 bridgehead atoms. The van der Waals surface area contributed by atoms with Gasteiger partial charge in [-0.05, 0) is 31.4 Å². The number of aliphatic hydroxyl groups excluding tert-OH is 1. The molecule has 1 aliphatic rings. The van der Waals surface area contributed by atoms with E-state index in [0.29, 0.717) is 22.7 Å². The molecule has 1 heterocycles. The zero-order chi connectivity index (χ0) is 16.9. The number of methoxy groups -OCH3 is 1. The molecule has 0 aliphatic carbocycles. The molecule has 1 aliphatic heterocycles. The second-order valence-corrected chi connectivity index (χ2v) is 5.26. The molecular weight excluding hydrogens is 309 g/mol. The Kier molecular flexibility index (Phi) is 5.76. The van der Waals surface area contributed by atoms with Crippen molar-refractivity contribution in [2.45, 2.75) is 25.6 Å². The van der Waals surface area contributed by atoms with Crippen molar-refractivity contribution in [3.05, 3.63) is 29.8 Å². The molecule has 4 nitrogen and oxygen atoms in total. The summed E-state index contributed by atoms with van der Waals surface area (Å²) in [7, 11) is 1.37. The molecule has 0 radical (unpaired) electrons. The van der Waals surface area contributed by atoms with Crippen LogP contribution >= 0.6 is 0 Å². The van der Waals surface area contributed by atoms with Crippen LogP contribution in [-0.2, 0) is 0 Å². The van der Waals surface area contributed by atoms with Gasteiger partial charge >= 0.3 is 6.30 Å². The van der Waals surface area contributed by atoms with E-state index in [0.717, 1.165) is 19.3 Å². The third-order valence-corrected chi connectivity index (χ3v) is 3.71. The normalized spacial score (nSPS) is 14.3. The first-order valence-corrected chi connectivity index (χ1v) is 7.55. The van der Waals surface area contributed by atoms with Gasteiger partial charge in [0.1, 0.15) is 5.75 Å². The van der Waals surface area contributed by atoms with Gasteiger partial charge in [-0.3, -0.25) is 4.90 Å². The molecule has 0 aromatic heterocycles. The molecule has 1 aromatic carbocycles. The Morgan fingerprint density at radius 3 is 2.70 bits per heavy atom. The summed E-state index contributed by atoms with van der Waals surface area (Å²) in [6, 6.07) is 4.86. The largest absolute Gasteiger partial charge is 0.495 e. The van der Waals surface area contributed by atoms with E-state index in [2.05, 4.69) is 5.32 Å². The summed E-state index contributed by atoms with van der Waals surface area (Å²) >= 11 is 0. The number of hydrogen-bond acceptors (Lipinski definition) is 4. The monoisotopic (exact) mass is 330 g/mol. The zero-order valence-corrected chi connectivity index (χ0v) is 13.0. The van der Waals surface area contributed by atoms with Crippen LogP contribution in [0.1, 0.15) is 24.8 Å². The fourth-order valence-corrected chi connectivity index (χ4v) is 2.60. The lowest BCUT2D eigenvalue weighted by Gasteiger charge is -2.33. The molecule has 23 heavy (non-hydrogen) atoms. The third-order valence-electron chi connectivity index (χ3n) is 3.71. The number of fused-ring (bicyclic) bond motifs is 1. The van der Waals surface area contributed by atoms with Crippen molar-refractivity contribution < 1.29 is 23.0 Å². The number of rotatable bonds is 7. The second-order valence-electron chi connectivity index (χ2n) is 5.26. The van der Waals surface area contributed by atoms with Crippen LogP contribution in [0.3, 0.4) is 0 Å². The van der Waals surface area contributed by atoms with Gasteiger partial charge in [-0.15, -0.1) is 0 Å². The Bertz CT molecular complexity index is 559. The number of unbranched alkanes of at least 4 members (excludes halogenated alkanes) is 2. The fourth-order valence-electron chi connectivity index (χ4n) is 2.60. The lowest BCUT2D eigenvalue weighted by Crippen LogP contribution is -2.41. The van der Waals surface area contributed by atoms with Crippen LogP contribution in [-0.4, -0.2) is 38.2 Å². The van der Waals surface area contributed by atoms with Crippen LogP contribution in [0.15, 0.2) is 24.3 Å². The summed E-state index contributed by atoms with van der Waals surface area (Å²) in [6.45, 7) is 0.549. The van der Waals surface area contributed by atoms with E-state index in [1.54, 1.807) is 18.2 Å². The Hall–Kier alpha value is -1.89. The van der Waals surface area contributed by atoms with Crippen molar-refractivity contribution in [1.29, 1.82) is 0 Å². The van der Waals surface area contributed by atoms with Gasteiger partial charge in [-0.25, -0.2) is 0 Å². The number of halogens is 3. The van der Waals surface area contributed by atoms with Gasteiger partial charge in [-0.2, -0.15) is 13.2 Å². The number of alkyl halides is 3. The highest BCUT2D eigenvalue weighted by Crippen LogP contribution is 2.42. The highest BCUT2D eigenvalue weighted by molar-refractivity contribution is 5.83. The van der Waals surface area contributed by atoms with Crippen molar-refractivity contribution in [2.75, 3.05) is 31.7 Å². The van der Waals surface area contributed by atoms with Gasteiger partial charge < -0.3 is 15.2 Å². The van der Waals surface area contributed by atoms with E-state index in [9.17, 15) is 13.2 Å². The first-order chi connectivity index (χ1) is 11.0. The molecule has 0 unspecified atom stereocenters. The number of nitrogens with zero attached hydrogens (tertiary/aromatic N) is 1. The highest BCUT2D eigenvalue weighted by atomic mass is 19.4. The van der Waals surface area contributed by atoms with E-state index in [1.165, 1.54) is 13.2 Å². The molecule has 0 fully saturated rings. The predicted molar refractivity (Wildman–Crippen MR) is 83.3 cm³/mol. The molecule has 128 valence electrons. The number of ether oxygens (including phenoxy) is 1.